The Labute approximate surface area is 144 Å². The fourth-order valence-corrected chi connectivity index (χ4v) is 4.39. The first-order valence-electron chi connectivity index (χ1n) is 8.60. The maximum atomic E-state index is 5.21. The number of rotatable bonds is 1. The first-order chi connectivity index (χ1) is 11.7. The minimum atomic E-state index is 0.428. The summed E-state index contributed by atoms with van der Waals surface area (Å²) in [5.41, 5.74) is 7.17. The number of benzene rings is 2. The van der Waals surface area contributed by atoms with Crippen LogP contribution in [0.3, 0.4) is 0 Å². The number of fused-ring (bicyclic) bond motifs is 5. The Kier molecular flexibility index (Phi) is 3.69. The van der Waals surface area contributed by atoms with E-state index >= 15 is 0 Å². The first kappa shape index (κ1) is 15.1. The minimum absolute atomic E-state index is 0.428. The molecule has 1 heteroatoms. The lowest BCUT2D eigenvalue weighted by molar-refractivity contribution is 0.415. The van der Waals surface area contributed by atoms with Gasteiger partial charge in [0.2, 0.25) is 0 Å². The van der Waals surface area contributed by atoms with E-state index in [1.807, 2.05) is 24.3 Å². The molecular weight excluding hydrogens is 292 g/mol. The Hall–Kier alpha value is -2.46. The lowest BCUT2D eigenvalue weighted by atomic mass is 9.83. The molecule has 2 aromatic rings. The molecule has 0 aliphatic heterocycles. The van der Waals surface area contributed by atoms with E-state index in [0.29, 0.717) is 17.8 Å². The fraction of sp³-hybridized carbons (Fsp3) is 0.304. The highest BCUT2D eigenvalue weighted by Crippen LogP contribution is 2.60. The van der Waals surface area contributed by atoms with E-state index in [1.165, 1.54) is 16.7 Å². The molecule has 0 amide bonds. The molecule has 120 valence electrons. The fourth-order valence-electron chi connectivity index (χ4n) is 4.39. The van der Waals surface area contributed by atoms with E-state index in [-0.39, 0.29) is 0 Å². The number of hydrogen-bond acceptors (Lipinski definition) is 1. The SMILES string of the molecule is COc1ccc(C#CC2CC3C(=C(C)C)C2c2ccccc23)cc1. The number of ether oxygens (including phenoxy) is 1. The second-order valence-corrected chi connectivity index (χ2v) is 6.95. The summed E-state index contributed by atoms with van der Waals surface area (Å²) in [4.78, 5) is 0. The van der Waals surface area contributed by atoms with Crippen LogP contribution in [0.5, 0.6) is 5.75 Å². The van der Waals surface area contributed by atoms with Crippen molar-refractivity contribution in [1.29, 1.82) is 0 Å². The molecule has 24 heavy (non-hydrogen) atoms. The van der Waals surface area contributed by atoms with Crippen molar-refractivity contribution in [2.75, 3.05) is 7.11 Å². The standard InChI is InChI=1S/C23H22O/c1-15(2)22-21-14-17(23(22)20-7-5-4-6-19(20)21)11-8-16-9-12-18(24-3)13-10-16/h4-7,9-10,12-13,17,21,23H,14H2,1-3H3. The monoisotopic (exact) mass is 314 g/mol. The molecule has 1 nitrogen and oxygen atoms in total. The van der Waals surface area contributed by atoms with Crippen molar-refractivity contribution >= 4 is 0 Å². The minimum Gasteiger partial charge on any atom is -0.497 e. The molecule has 0 heterocycles. The van der Waals surface area contributed by atoms with Gasteiger partial charge >= 0.3 is 0 Å². The number of allylic oxidation sites excluding steroid dienone is 2. The molecular formula is C23H22O. The summed E-state index contributed by atoms with van der Waals surface area (Å²) < 4.78 is 5.21. The summed E-state index contributed by atoms with van der Waals surface area (Å²) in [5.74, 6) is 9.32. The molecule has 1 fully saturated rings. The molecule has 2 aromatic carbocycles. The van der Waals surface area contributed by atoms with Crippen molar-refractivity contribution in [3.63, 3.8) is 0 Å². The lowest BCUT2D eigenvalue weighted by Gasteiger charge is -2.19. The van der Waals surface area contributed by atoms with Crippen LogP contribution in [-0.2, 0) is 0 Å². The molecule has 2 aliphatic rings. The predicted molar refractivity (Wildman–Crippen MR) is 98.3 cm³/mol. The van der Waals surface area contributed by atoms with E-state index in [9.17, 15) is 0 Å². The van der Waals surface area contributed by atoms with E-state index in [1.54, 1.807) is 12.7 Å². The zero-order chi connectivity index (χ0) is 16.7. The van der Waals surface area contributed by atoms with Crippen LogP contribution < -0.4 is 4.74 Å². The third-order valence-electron chi connectivity index (χ3n) is 5.38. The van der Waals surface area contributed by atoms with Gasteiger partial charge in [-0.2, -0.15) is 0 Å². The van der Waals surface area contributed by atoms with Gasteiger partial charge in [0.25, 0.3) is 0 Å². The second-order valence-electron chi connectivity index (χ2n) is 6.95. The van der Waals surface area contributed by atoms with E-state index in [2.05, 4.69) is 50.0 Å². The summed E-state index contributed by atoms with van der Waals surface area (Å²) in [6, 6.07) is 16.9. The van der Waals surface area contributed by atoms with Gasteiger partial charge in [0, 0.05) is 23.3 Å². The van der Waals surface area contributed by atoms with Gasteiger partial charge in [0.1, 0.15) is 5.75 Å². The summed E-state index contributed by atoms with van der Waals surface area (Å²) in [6.07, 6.45) is 1.16. The van der Waals surface area contributed by atoms with Crippen molar-refractivity contribution in [2.24, 2.45) is 5.92 Å². The van der Waals surface area contributed by atoms with Gasteiger partial charge in [-0.15, -0.1) is 0 Å². The van der Waals surface area contributed by atoms with Crippen molar-refractivity contribution in [3.05, 3.63) is 76.4 Å². The topological polar surface area (TPSA) is 9.23 Å². The largest absolute Gasteiger partial charge is 0.497 e. The quantitative estimate of drug-likeness (QED) is 0.514. The van der Waals surface area contributed by atoms with Gasteiger partial charge < -0.3 is 4.74 Å². The van der Waals surface area contributed by atoms with E-state index in [0.717, 1.165) is 17.7 Å². The molecule has 3 unspecified atom stereocenters. The molecule has 0 aromatic heterocycles. The molecule has 0 N–H and O–H groups in total. The number of methoxy groups -OCH3 is 1. The Morgan fingerprint density at radius 2 is 1.71 bits per heavy atom. The van der Waals surface area contributed by atoms with Gasteiger partial charge in [-0.1, -0.05) is 47.3 Å². The summed E-state index contributed by atoms with van der Waals surface area (Å²) in [5, 5.41) is 0. The third kappa shape index (κ3) is 2.34. The van der Waals surface area contributed by atoms with Crippen LogP contribution in [0.4, 0.5) is 0 Å². The summed E-state index contributed by atoms with van der Waals surface area (Å²) in [6.45, 7) is 4.50. The summed E-state index contributed by atoms with van der Waals surface area (Å²) in [7, 11) is 1.69. The molecule has 2 aliphatic carbocycles. The van der Waals surface area contributed by atoms with Crippen LogP contribution in [-0.4, -0.2) is 7.11 Å². The first-order valence-corrected chi connectivity index (χ1v) is 8.60. The van der Waals surface area contributed by atoms with Gasteiger partial charge in [-0.25, -0.2) is 0 Å². The smallest absolute Gasteiger partial charge is 0.118 e. The van der Waals surface area contributed by atoms with Crippen molar-refractivity contribution in [3.8, 4) is 17.6 Å². The van der Waals surface area contributed by atoms with E-state index in [4.69, 9.17) is 4.74 Å². The molecule has 0 saturated heterocycles. The van der Waals surface area contributed by atoms with Gasteiger partial charge in [-0.3, -0.25) is 0 Å². The molecule has 3 atom stereocenters. The number of hydrogen-bond donors (Lipinski definition) is 0. The van der Waals surface area contributed by atoms with Crippen LogP contribution in [0.1, 0.15) is 48.8 Å². The van der Waals surface area contributed by atoms with Crippen molar-refractivity contribution < 1.29 is 4.74 Å². The molecule has 1 saturated carbocycles. The van der Waals surface area contributed by atoms with Crippen LogP contribution >= 0.6 is 0 Å². The maximum absolute atomic E-state index is 5.21. The highest BCUT2D eigenvalue weighted by Gasteiger charge is 2.47. The van der Waals surface area contributed by atoms with Crippen LogP contribution in [0, 0.1) is 17.8 Å². The van der Waals surface area contributed by atoms with Gasteiger partial charge in [0.15, 0.2) is 0 Å². The average molecular weight is 314 g/mol. The summed E-state index contributed by atoms with van der Waals surface area (Å²) >= 11 is 0. The molecule has 0 radical (unpaired) electrons. The van der Waals surface area contributed by atoms with Crippen LogP contribution in [0.15, 0.2) is 59.7 Å². The molecule has 2 bridgehead atoms. The zero-order valence-electron chi connectivity index (χ0n) is 14.5. The molecule has 4 rings (SSSR count). The van der Waals surface area contributed by atoms with Crippen molar-refractivity contribution in [1.82, 2.24) is 0 Å². The van der Waals surface area contributed by atoms with E-state index < -0.39 is 0 Å². The Balaban J connectivity index is 1.67. The van der Waals surface area contributed by atoms with Crippen molar-refractivity contribution in [2.45, 2.75) is 32.1 Å². The predicted octanol–water partition coefficient (Wildman–Crippen LogP) is 5.28. The Bertz CT molecular complexity index is 857. The Morgan fingerprint density at radius 3 is 2.38 bits per heavy atom. The van der Waals surface area contributed by atoms with Gasteiger partial charge in [-0.05, 0) is 55.7 Å². The highest BCUT2D eigenvalue weighted by atomic mass is 16.5. The highest BCUT2D eigenvalue weighted by molar-refractivity contribution is 5.57. The maximum Gasteiger partial charge on any atom is 0.118 e. The second kappa shape index (κ2) is 5.87. The van der Waals surface area contributed by atoms with Gasteiger partial charge in [0.05, 0.1) is 7.11 Å². The Morgan fingerprint density at radius 1 is 1.00 bits per heavy atom. The molecule has 0 spiro atoms. The zero-order valence-corrected chi connectivity index (χ0v) is 14.5. The normalized spacial score (nSPS) is 23.5. The van der Waals surface area contributed by atoms with Crippen LogP contribution in [0.25, 0.3) is 0 Å². The lowest BCUT2D eigenvalue weighted by Crippen LogP contribution is -2.08. The van der Waals surface area contributed by atoms with Crippen LogP contribution in [0.2, 0.25) is 0 Å². The third-order valence-corrected chi connectivity index (χ3v) is 5.38. The average Bonchev–Trinajstić information content (AvgIpc) is 3.15.